The number of ether oxygens (including phenoxy) is 3. The summed E-state index contributed by atoms with van der Waals surface area (Å²) in [5.74, 6) is -0.707. The SMILES string of the molecule is O=C1CCC(N2C(=O)c3cc4cc(c3C2=O)OCCCCOCCN(CC2CCNCC2)C2CC(C2)O4)C(=O)N1. The van der Waals surface area contributed by atoms with Crippen LogP contribution in [0.4, 0.5) is 0 Å². The summed E-state index contributed by atoms with van der Waals surface area (Å²) in [5, 5.41) is 5.69. The van der Waals surface area contributed by atoms with Gasteiger partial charge in [0.05, 0.1) is 24.3 Å². The van der Waals surface area contributed by atoms with Gasteiger partial charge in [0.1, 0.15) is 23.6 Å². The molecule has 216 valence electrons. The van der Waals surface area contributed by atoms with Crippen molar-refractivity contribution in [3.63, 3.8) is 0 Å². The third kappa shape index (κ3) is 5.59. The van der Waals surface area contributed by atoms with E-state index in [1.165, 1.54) is 12.8 Å². The lowest BCUT2D eigenvalue weighted by atomic mass is 9.86. The smallest absolute Gasteiger partial charge is 0.266 e. The van der Waals surface area contributed by atoms with Crippen molar-refractivity contribution < 1.29 is 33.4 Å². The molecule has 4 amide bonds. The summed E-state index contributed by atoms with van der Waals surface area (Å²) in [4.78, 5) is 54.6. The molecule has 11 heteroatoms. The summed E-state index contributed by atoms with van der Waals surface area (Å²) in [6, 6.07) is 2.69. The fraction of sp³-hybridized carbons (Fsp3) is 0.655. The van der Waals surface area contributed by atoms with Crippen LogP contribution >= 0.6 is 0 Å². The maximum Gasteiger partial charge on any atom is 0.266 e. The maximum atomic E-state index is 13.5. The molecule has 11 nitrogen and oxygen atoms in total. The largest absolute Gasteiger partial charge is 0.493 e. The highest BCUT2D eigenvalue weighted by Gasteiger charge is 2.47. The van der Waals surface area contributed by atoms with Crippen molar-refractivity contribution >= 4 is 23.6 Å². The van der Waals surface area contributed by atoms with Crippen LogP contribution in [-0.4, -0.2) is 97.6 Å². The summed E-state index contributed by atoms with van der Waals surface area (Å²) in [6.07, 6.45) is 5.87. The molecule has 4 bridgehead atoms. The van der Waals surface area contributed by atoms with Crippen molar-refractivity contribution in [3.05, 3.63) is 23.3 Å². The normalized spacial score (nSPS) is 28.8. The monoisotopic (exact) mass is 554 g/mol. The summed E-state index contributed by atoms with van der Waals surface area (Å²) in [7, 11) is 0. The number of carbonyl (C=O) groups excluding carboxylic acids is 4. The van der Waals surface area contributed by atoms with Crippen LogP contribution in [0.1, 0.15) is 72.1 Å². The molecule has 1 aromatic rings. The van der Waals surface area contributed by atoms with Crippen molar-refractivity contribution in [2.24, 2.45) is 5.92 Å². The molecule has 2 N–H and O–H groups in total. The Kier molecular flexibility index (Phi) is 8.04. The third-order valence-corrected chi connectivity index (χ3v) is 8.78. The molecule has 0 spiro atoms. The van der Waals surface area contributed by atoms with Gasteiger partial charge >= 0.3 is 0 Å². The molecule has 1 aliphatic carbocycles. The van der Waals surface area contributed by atoms with Crippen molar-refractivity contribution in [1.82, 2.24) is 20.4 Å². The van der Waals surface area contributed by atoms with Crippen LogP contribution in [0, 0.1) is 5.92 Å². The highest BCUT2D eigenvalue weighted by Crippen LogP contribution is 2.39. The van der Waals surface area contributed by atoms with Crippen LogP contribution in [0.15, 0.2) is 12.1 Å². The maximum absolute atomic E-state index is 13.5. The van der Waals surface area contributed by atoms with Gasteiger partial charge in [-0.15, -0.1) is 0 Å². The Bertz CT molecular complexity index is 1160. The molecule has 0 radical (unpaired) electrons. The van der Waals surface area contributed by atoms with E-state index in [4.69, 9.17) is 14.2 Å². The number of fused-ring (bicyclic) bond motifs is 9. The van der Waals surface area contributed by atoms with Crippen molar-refractivity contribution in [3.8, 4) is 11.5 Å². The second kappa shape index (κ2) is 11.8. The van der Waals surface area contributed by atoms with Crippen LogP contribution < -0.4 is 20.1 Å². The molecule has 1 saturated carbocycles. The molecule has 5 aliphatic heterocycles. The summed E-state index contributed by atoms with van der Waals surface area (Å²) in [6.45, 7) is 5.84. The Hall–Kier alpha value is -3.02. The van der Waals surface area contributed by atoms with Crippen LogP contribution in [0.2, 0.25) is 0 Å². The zero-order chi connectivity index (χ0) is 27.6. The van der Waals surface area contributed by atoms with Gasteiger partial charge in [-0.1, -0.05) is 0 Å². The molecule has 0 aromatic heterocycles. The zero-order valence-electron chi connectivity index (χ0n) is 22.8. The van der Waals surface area contributed by atoms with Gasteiger partial charge in [-0.05, 0) is 57.2 Å². The van der Waals surface area contributed by atoms with Crippen LogP contribution in [0.3, 0.4) is 0 Å². The van der Waals surface area contributed by atoms with Gasteiger partial charge in [0.25, 0.3) is 11.8 Å². The Labute approximate surface area is 233 Å². The first kappa shape index (κ1) is 27.2. The number of amides is 4. The van der Waals surface area contributed by atoms with Crippen LogP contribution in [0.5, 0.6) is 11.5 Å². The molecule has 5 heterocycles. The van der Waals surface area contributed by atoms with Gasteiger partial charge in [-0.25, -0.2) is 0 Å². The quantitative estimate of drug-likeness (QED) is 0.535. The van der Waals surface area contributed by atoms with Crippen molar-refractivity contribution in [2.45, 2.75) is 69.6 Å². The Morgan fingerprint density at radius 2 is 1.73 bits per heavy atom. The fourth-order valence-corrected chi connectivity index (χ4v) is 6.43. The second-order valence-electron chi connectivity index (χ2n) is 11.5. The highest BCUT2D eigenvalue weighted by atomic mass is 16.5. The number of hydrogen-bond acceptors (Lipinski definition) is 9. The lowest BCUT2D eigenvalue weighted by molar-refractivity contribution is -0.136. The van der Waals surface area contributed by atoms with E-state index in [-0.39, 0.29) is 35.8 Å². The van der Waals surface area contributed by atoms with Gasteiger partial charge in [0.2, 0.25) is 11.8 Å². The number of piperidine rings is 2. The Morgan fingerprint density at radius 1 is 0.925 bits per heavy atom. The van der Waals surface area contributed by atoms with Gasteiger partial charge in [-0.2, -0.15) is 0 Å². The van der Waals surface area contributed by atoms with Crippen LogP contribution in [0.25, 0.3) is 0 Å². The third-order valence-electron chi connectivity index (χ3n) is 8.78. The summed E-state index contributed by atoms with van der Waals surface area (Å²) >= 11 is 0. The van der Waals surface area contributed by atoms with E-state index >= 15 is 0 Å². The standard InChI is InChI=1S/C29H38N4O7/c34-25-4-3-23(27(35)31-25)33-28(36)22-15-21-16-24(26(22)29(33)37)39-11-2-1-10-38-12-9-32(19-13-20(14-19)40-21)17-18-5-7-30-8-6-18/h15-16,18-20,23,30H,1-14,17H2,(H,31,34,35). The van der Waals surface area contributed by atoms with E-state index in [2.05, 4.69) is 15.5 Å². The lowest BCUT2D eigenvalue weighted by Gasteiger charge is -2.44. The van der Waals surface area contributed by atoms with Gasteiger partial charge in [0.15, 0.2) is 0 Å². The first-order valence-corrected chi connectivity index (χ1v) is 14.7. The molecule has 40 heavy (non-hydrogen) atoms. The lowest BCUT2D eigenvalue weighted by Crippen LogP contribution is -2.54. The number of nitrogens with zero attached hydrogens (tertiary/aromatic N) is 2. The van der Waals surface area contributed by atoms with E-state index in [1.807, 2.05) is 0 Å². The summed E-state index contributed by atoms with van der Waals surface area (Å²) < 4.78 is 18.3. The number of benzene rings is 1. The zero-order valence-corrected chi connectivity index (χ0v) is 22.8. The van der Waals surface area contributed by atoms with E-state index in [0.29, 0.717) is 37.5 Å². The molecule has 1 aromatic carbocycles. The van der Waals surface area contributed by atoms with Gasteiger partial charge < -0.3 is 19.5 Å². The number of nitrogens with one attached hydrogen (secondary N) is 2. The molecular formula is C29H38N4O7. The number of imide groups is 2. The van der Waals surface area contributed by atoms with Crippen molar-refractivity contribution in [1.29, 1.82) is 0 Å². The molecule has 1 atom stereocenters. The molecular weight excluding hydrogens is 516 g/mol. The first-order chi connectivity index (χ1) is 19.5. The molecule has 7 rings (SSSR count). The minimum Gasteiger partial charge on any atom is -0.493 e. The molecule has 1 unspecified atom stereocenters. The van der Waals surface area contributed by atoms with E-state index in [0.717, 1.165) is 56.8 Å². The van der Waals surface area contributed by atoms with Gasteiger partial charge in [0, 0.05) is 51.1 Å². The fourth-order valence-electron chi connectivity index (χ4n) is 6.43. The number of hydrogen-bond donors (Lipinski definition) is 2. The average molecular weight is 555 g/mol. The first-order valence-electron chi connectivity index (χ1n) is 14.7. The minimum atomic E-state index is -1.03. The second-order valence-corrected chi connectivity index (χ2v) is 11.5. The Balaban J connectivity index is 1.21. The number of carbonyl (C=O) groups is 4. The van der Waals surface area contributed by atoms with Gasteiger partial charge in [-0.3, -0.25) is 34.3 Å². The van der Waals surface area contributed by atoms with Crippen molar-refractivity contribution in [2.75, 3.05) is 46.0 Å². The molecule has 2 saturated heterocycles. The number of rotatable bonds is 3. The molecule has 6 aliphatic rings. The predicted octanol–water partition coefficient (Wildman–Crippen LogP) is 1.49. The minimum absolute atomic E-state index is 0.00121. The van der Waals surface area contributed by atoms with E-state index < -0.39 is 29.7 Å². The highest BCUT2D eigenvalue weighted by molar-refractivity contribution is 6.24. The average Bonchev–Trinajstić information content (AvgIpc) is 3.16. The molecule has 3 fully saturated rings. The predicted molar refractivity (Wildman–Crippen MR) is 143 cm³/mol. The van der Waals surface area contributed by atoms with Crippen LogP contribution in [-0.2, 0) is 14.3 Å². The van der Waals surface area contributed by atoms with E-state index in [1.54, 1.807) is 12.1 Å². The van der Waals surface area contributed by atoms with E-state index in [9.17, 15) is 19.2 Å². The Morgan fingerprint density at radius 3 is 2.52 bits per heavy atom. The summed E-state index contributed by atoms with van der Waals surface area (Å²) in [5.41, 5.74) is 0.328. The topological polar surface area (TPSA) is 127 Å².